The van der Waals surface area contributed by atoms with E-state index in [1.807, 2.05) is 17.4 Å². The fraction of sp³-hybridized carbons (Fsp3) is 0. The third-order valence-electron chi connectivity index (χ3n) is 9.90. The predicted molar refractivity (Wildman–Crippen MR) is 216 cm³/mol. The molecule has 0 unspecified atom stereocenters. The van der Waals surface area contributed by atoms with Gasteiger partial charge in [-0.2, -0.15) is 9.97 Å². The Kier molecular flexibility index (Phi) is 6.26. The molecule has 0 N–H and O–H groups in total. The second-order valence-corrected chi connectivity index (χ2v) is 14.9. The maximum absolute atomic E-state index is 5.33. The summed E-state index contributed by atoms with van der Waals surface area (Å²) in [7, 11) is 0. The molecule has 0 radical (unpaired) electrons. The van der Waals surface area contributed by atoms with E-state index in [4.69, 9.17) is 15.0 Å². The summed E-state index contributed by atoms with van der Waals surface area (Å²) in [6, 6.07) is 55.9. The van der Waals surface area contributed by atoms with E-state index in [0.29, 0.717) is 17.6 Å². The highest BCUT2D eigenvalue weighted by atomic mass is 32.1. The van der Waals surface area contributed by atoms with Crippen LogP contribution in [0.5, 0.6) is 0 Å². The summed E-state index contributed by atoms with van der Waals surface area (Å²) >= 11 is 3.64. The minimum Gasteiger partial charge on any atom is -0.278 e. The predicted octanol–water partition coefficient (Wildman–Crippen LogP) is 12.7. The van der Waals surface area contributed by atoms with Crippen molar-refractivity contribution in [2.24, 2.45) is 0 Å². The van der Waals surface area contributed by atoms with Gasteiger partial charge in [0.1, 0.15) is 0 Å². The number of nitrogens with zero attached hydrogens (tertiary/aromatic N) is 4. The van der Waals surface area contributed by atoms with Crippen LogP contribution in [0.15, 0.2) is 158 Å². The van der Waals surface area contributed by atoms with Crippen molar-refractivity contribution in [1.29, 1.82) is 0 Å². The lowest BCUT2D eigenvalue weighted by Gasteiger charge is -2.12. The van der Waals surface area contributed by atoms with Gasteiger partial charge in [0.05, 0.1) is 11.0 Å². The summed E-state index contributed by atoms with van der Waals surface area (Å²) in [6.07, 6.45) is 0. The second-order valence-electron chi connectivity index (χ2n) is 12.8. The van der Waals surface area contributed by atoms with Crippen LogP contribution in [0.2, 0.25) is 0 Å². The second kappa shape index (κ2) is 11.2. The van der Waals surface area contributed by atoms with Crippen LogP contribution in [0.1, 0.15) is 0 Å². The molecule has 11 aromatic rings. The smallest absolute Gasteiger partial charge is 0.238 e. The van der Waals surface area contributed by atoms with Crippen LogP contribution in [-0.2, 0) is 0 Å². The summed E-state index contributed by atoms with van der Waals surface area (Å²) in [5.74, 6) is 1.90. The number of hydrogen-bond donors (Lipinski definition) is 0. The fourth-order valence-electron chi connectivity index (χ4n) is 7.53. The van der Waals surface area contributed by atoms with Crippen molar-refractivity contribution >= 4 is 84.8 Å². The molecule has 0 amide bonds. The van der Waals surface area contributed by atoms with Gasteiger partial charge in [-0.1, -0.05) is 127 Å². The van der Waals surface area contributed by atoms with Crippen LogP contribution in [0.25, 0.3) is 102 Å². The van der Waals surface area contributed by atoms with Crippen molar-refractivity contribution in [3.8, 4) is 39.9 Å². The lowest BCUT2D eigenvalue weighted by Crippen LogP contribution is -2.06. The molecule has 0 bridgehead atoms. The van der Waals surface area contributed by atoms with Gasteiger partial charge >= 0.3 is 0 Å². The van der Waals surface area contributed by atoms with Crippen molar-refractivity contribution in [3.63, 3.8) is 0 Å². The van der Waals surface area contributed by atoms with Crippen LogP contribution in [0, 0.1) is 0 Å². The Bertz CT molecular complexity index is 3140. The van der Waals surface area contributed by atoms with Gasteiger partial charge in [0.25, 0.3) is 0 Å². The minimum atomic E-state index is 0.604. The zero-order valence-electron chi connectivity index (χ0n) is 27.1. The maximum atomic E-state index is 5.33. The average Bonchev–Trinajstić information content (AvgIpc) is 3.88. The normalized spacial score (nSPS) is 11.9. The van der Waals surface area contributed by atoms with Gasteiger partial charge in [0.2, 0.25) is 5.95 Å². The molecule has 11 rings (SSSR count). The first-order valence-corrected chi connectivity index (χ1v) is 18.6. The maximum Gasteiger partial charge on any atom is 0.238 e. The number of hydrogen-bond acceptors (Lipinski definition) is 5. The highest BCUT2D eigenvalue weighted by Gasteiger charge is 2.21. The largest absolute Gasteiger partial charge is 0.278 e. The molecule has 0 atom stereocenters. The molecule has 4 heterocycles. The first-order chi connectivity index (χ1) is 25.3. The molecule has 7 aromatic carbocycles. The molecule has 0 aliphatic carbocycles. The number of thiophene rings is 2. The lowest BCUT2D eigenvalue weighted by atomic mass is 10.0. The minimum absolute atomic E-state index is 0.604. The summed E-state index contributed by atoms with van der Waals surface area (Å²) in [4.78, 5) is 15.8. The van der Waals surface area contributed by atoms with E-state index >= 15 is 0 Å². The van der Waals surface area contributed by atoms with Gasteiger partial charge in [-0.25, -0.2) is 4.98 Å². The van der Waals surface area contributed by atoms with Crippen LogP contribution >= 0.6 is 22.7 Å². The number of benzene rings is 7. The van der Waals surface area contributed by atoms with Gasteiger partial charge in [-0.3, -0.25) is 4.57 Å². The highest BCUT2D eigenvalue weighted by Crippen LogP contribution is 2.44. The molecular formula is C45H26N4S2. The van der Waals surface area contributed by atoms with Crippen LogP contribution in [0.3, 0.4) is 0 Å². The van der Waals surface area contributed by atoms with E-state index < -0.39 is 0 Å². The molecule has 0 aliphatic rings. The number of fused-ring (bicyclic) bond motifs is 10. The molecule has 0 spiro atoms. The van der Waals surface area contributed by atoms with Crippen LogP contribution in [-0.4, -0.2) is 19.5 Å². The zero-order valence-corrected chi connectivity index (χ0v) is 28.7. The van der Waals surface area contributed by atoms with Crippen molar-refractivity contribution < 1.29 is 0 Å². The fourth-order valence-corrected chi connectivity index (χ4v) is 10.0. The average molecular weight is 687 g/mol. The first kappa shape index (κ1) is 28.6. The van der Waals surface area contributed by atoms with Gasteiger partial charge in [0, 0.05) is 62.2 Å². The summed E-state index contributed by atoms with van der Waals surface area (Å²) in [6.45, 7) is 0. The van der Waals surface area contributed by atoms with Crippen molar-refractivity contribution in [1.82, 2.24) is 19.5 Å². The third kappa shape index (κ3) is 4.40. The third-order valence-corrected chi connectivity index (χ3v) is 12.3. The van der Waals surface area contributed by atoms with Crippen LogP contribution in [0.4, 0.5) is 0 Å². The van der Waals surface area contributed by atoms with Crippen LogP contribution < -0.4 is 0 Å². The molecule has 0 saturated heterocycles. The van der Waals surface area contributed by atoms with Gasteiger partial charge in [0.15, 0.2) is 11.6 Å². The van der Waals surface area contributed by atoms with E-state index in [2.05, 4.69) is 156 Å². The first-order valence-electron chi connectivity index (χ1n) is 16.9. The monoisotopic (exact) mass is 686 g/mol. The molecule has 6 heteroatoms. The van der Waals surface area contributed by atoms with Crippen molar-refractivity contribution in [2.75, 3.05) is 0 Å². The van der Waals surface area contributed by atoms with E-state index in [0.717, 1.165) is 27.7 Å². The van der Waals surface area contributed by atoms with Gasteiger partial charge < -0.3 is 0 Å². The number of aromatic nitrogens is 4. The molecule has 0 saturated carbocycles. The Morgan fingerprint density at radius 1 is 0.373 bits per heavy atom. The van der Waals surface area contributed by atoms with E-state index in [1.165, 1.54) is 56.7 Å². The molecular weight excluding hydrogens is 661 g/mol. The van der Waals surface area contributed by atoms with Crippen molar-refractivity contribution in [3.05, 3.63) is 158 Å². The standard InChI is InChI=1S/C45H26N4S2/c1-2-11-27(12-3-1)28-21-23-29(24-22-28)43-46-44(35-17-10-16-32-30-13-5-8-19-38(30)50-41(32)35)48-45(47-43)49-36-18-7-4-15-34(36)40-37(49)26-25-33-31-14-6-9-20-39(31)51-42(33)40/h1-26H. The molecule has 4 nitrogen and oxygen atoms in total. The highest BCUT2D eigenvalue weighted by molar-refractivity contribution is 7.27. The summed E-state index contributed by atoms with van der Waals surface area (Å²) in [5, 5.41) is 7.45. The Labute approximate surface area is 300 Å². The zero-order chi connectivity index (χ0) is 33.5. The van der Waals surface area contributed by atoms with Gasteiger partial charge in [-0.15, -0.1) is 22.7 Å². The Hall–Kier alpha value is -6.21. The number of rotatable bonds is 4. The Morgan fingerprint density at radius 2 is 0.961 bits per heavy atom. The summed E-state index contributed by atoms with van der Waals surface area (Å²) in [5.41, 5.74) is 6.43. The quantitative estimate of drug-likeness (QED) is 0.185. The molecule has 51 heavy (non-hydrogen) atoms. The number of para-hydroxylation sites is 1. The Morgan fingerprint density at radius 3 is 1.75 bits per heavy atom. The van der Waals surface area contributed by atoms with Crippen molar-refractivity contribution in [2.45, 2.75) is 0 Å². The lowest BCUT2D eigenvalue weighted by molar-refractivity contribution is 0.955. The van der Waals surface area contributed by atoms with E-state index in [1.54, 1.807) is 11.3 Å². The molecule has 238 valence electrons. The topological polar surface area (TPSA) is 43.6 Å². The molecule has 4 aromatic heterocycles. The SMILES string of the molecule is c1ccc(-c2ccc(-c3nc(-c4cccc5c4sc4ccccc45)nc(-n4c5ccccc5c5c6sc7ccccc7c6ccc54)n3)cc2)cc1. The van der Waals surface area contributed by atoms with E-state index in [-0.39, 0.29) is 0 Å². The molecule has 0 aliphatic heterocycles. The van der Waals surface area contributed by atoms with Gasteiger partial charge in [-0.05, 0) is 41.5 Å². The Balaban J connectivity index is 1.20. The van der Waals surface area contributed by atoms with E-state index in [9.17, 15) is 0 Å². The summed E-state index contributed by atoms with van der Waals surface area (Å²) < 4.78 is 7.23. The molecule has 0 fully saturated rings.